The number of aldehydes is 1. The van der Waals surface area contributed by atoms with Gasteiger partial charge in [-0.1, -0.05) is 12.1 Å². The molecule has 0 radical (unpaired) electrons. The van der Waals surface area contributed by atoms with E-state index in [1.54, 1.807) is 24.0 Å². The molecule has 1 atom stereocenters. The number of rotatable bonds is 6. The van der Waals surface area contributed by atoms with E-state index in [1.807, 2.05) is 26.8 Å². The van der Waals surface area contributed by atoms with Gasteiger partial charge in [-0.15, -0.1) is 0 Å². The lowest BCUT2D eigenvalue weighted by molar-refractivity contribution is -0.137. The highest BCUT2D eigenvalue weighted by molar-refractivity contribution is 5.83. The third-order valence-corrected chi connectivity index (χ3v) is 3.09. The zero-order valence-corrected chi connectivity index (χ0v) is 12.0. The summed E-state index contributed by atoms with van der Waals surface area (Å²) in [6, 6.07) is 5.34. The molecule has 0 N–H and O–H groups in total. The van der Waals surface area contributed by atoms with Crippen molar-refractivity contribution in [2.24, 2.45) is 0 Å². The van der Waals surface area contributed by atoms with Gasteiger partial charge in [0.2, 0.25) is 0 Å². The number of carbonyl (C=O) groups excluding carboxylic acids is 2. The Labute approximate surface area is 114 Å². The van der Waals surface area contributed by atoms with E-state index < -0.39 is 6.10 Å². The number of amides is 1. The van der Waals surface area contributed by atoms with E-state index in [4.69, 9.17) is 4.74 Å². The first-order valence-electron chi connectivity index (χ1n) is 6.55. The lowest BCUT2D eigenvalue weighted by Crippen LogP contribution is -2.40. The predicted octanol–water partition coefficient (Wildman–Crippen LogP) is 2.44. The van der Waals surface area contributed by atoms with Crippen LogP contribution in [0.1, 0.15) is 36.7 Å². The van der Waals surface area contributed by atoms with Gasteiger partial charge in [-0.3, -0.25) is 9.59 Å². The minimum absolute atomic E-state index is 0.0647. The van der Waals surface area contributed by atoms with Crippen molar-refractivity contribution in [1.82, 2.24) is 4.90 Å². The fourth-order valence-electron chi connectivity index (χ4n) is 1.95. The molecule has 0 fully saturated rings. The summed E-state index contributed by atoms with van der Waals surface area (Å²) in [6.45, 7) is 8.73. The molecule has 0 saturated heterocycles. The molecule has 19 heavy (non-hydrogen) atoms. The number of nitrogens with zero attached hydrogens (tertiary/aromatic N) is 1. The molecular weight excluding hydrogens is 242 g/mol. The van der Waals surface area contributed by atoms with Crippen molar-refractivity contribution in [3.05, 3.63) is 29.3 Å². The number of likely N-dealkylation sites (N-methyl/N-ethyl adjacent to an activating group) is 1. The van der Waals surface area contributed by atoms with E-state index in [0.29, 0.717) is 24.4 Å². The molecule has 0 spiro atoms. The molecule has 1 amide bonds. The topological polar surface area (TPSA) is 46.6 Å². The maximum Gasteiger partial charge on any atom is 0.263 e. The van der Waals surface area contributed by atoms with Crippen LogP contribution in [0.15, 0.2) is 18.2 Å². The lowest BCUT2D eigenvalue weighted by atomic mass is 10.1. The van der Waals surface area contributed by atoms with Crippen LogP contribution in [-0.4, -0.2) is 36.3 Å². The van der Waals surface area contributed by atoms with Crippen LogP contribution in [-0.2, 0) is 4.79 Å². The molecule has 104 valence electrons. The number of benzene rings is 1. The average Bonchev–Trinajstić information content (AvgIpc) is 2.42. The minimum atomic E-state index is -0.597. The number of hydrogen-bond acceptors (Lipinski definition) is 3. The second-order valence-electron chi connectivity index (χ2n) is 4.38. The van der Waals surface area contributed by atoms with Gasteiger partial charge in [0, 0.05) is 13.1 Å². The zero-order chi connectivity index (χ0) is 14.4. The molecule has 4 heteroatoms. The van der Waals surface area contributed by atoms with Crippen LogP contribution < -0.4 is 4.74 Å². The summed E-state index contributed by atoms with van der Waals surface area (Å²) < 4.78 is 5.69. The lowest BCUT2D eigenvalue weighted by Gasteiger charge is -2.24. The summed E-state index contributed by atoms with van der Waals surface area (Å²) in [5.41, 5.74) is 1.32. The molecule has 1 rings (SSSR count). The van der Waals surface area contributed by atoms with E-state index in [1.165, 1.54) is 0 Å². The Morgan fingerprint density at radius 1 is 1.37 bits per heavy atom. The van der Waals surface area contributed by atoms with Crippen molar-refractivity contribution in [1.29, 1.82) is 0 Å². The summed E-state index contributed by atoms with van der Waals surface area (Å²) in [6.07, 6.45) is 0.149. The maximum atomic E-state index is 12.1. The first kappa shape index (κ1) is 15.2. The monoisotopic (exact) mass is 263 g/mol. The van der Waals surface area contributed by atoms with Gasteiger partial charge in [0.05, 0.1) is 5.56 Å². The SMILES string of the molecule is CCN(CC)C(=O)C(C)Oc1c(C)cccc1C=O. The third kappa shape index (κ3) is 3.56. The Hall–Kier alpha value is -1.84. The largest absolute Gasteiger partial charge is 0.480 e. The van der Waals surface area contributed by atoms with Gasteiger partial charge in [-0.2, -0.15) is 0 Å². The Morgan fingerprint density at radius 2 is 2.00 bits per heavy atom. The van der Waals surface area contributed by atoms with Crippen molar-refractivity contribution >= 4 is 12.2 Å². The maximum absolute atomic E-state index is 12.1. The molecule has 0 bridgehead atoms. The smallest absolute Gasteiger partial charge is 0.263 e. The highest BCUT2D eigenvalue weighted by Crippen LogP contribution is 2.23. The molecule has 1 aromatic rings. The number of aryl methyl sites for hydroxylation is 1. The average molecular weight is 263 g/mol. The van der Waals surface area contributed by atoms with Crippen molar-refractivity contribution in [2.45, 2.75) is 33.8 Å². The number of hydrogen-bond donors (Lipinski definition) is 0. The van der Waals surface area contributed by atoms with Gasteiger partial charge in [-0.25, -0.2) is 0 Å². The molecule has 0 aromatic heterocycles. The standard InChI is InChI=1S/C15H21NO3/c1-5-16(6-2)15(18)12(4)19-14-11(3)8-7-9-13(14)10-17/h7-10,12H,5-6H2,1-4H3. The summed E-state index contributed by atoms with van der Waals surface area (Å²) in [5, 5.41) is 0. The van der Waals surface area contributed by atoms with Crippen molar-refractivity contribution in [3.63, 3.8) is 0 Å². The zero-order valence-electron chi connectivity index (χ0n) is 12.0. The first-order valence-corrected chi connectivity index (χ1v) is 6.55. The normalized spacial score (nSPS) is 11.8. The van der Waals surface area contributed by atoms with Gasteiger partial charge >= 0.3 is 0 Å². The molecule has 0 aliphatic carbocycles. The third-order valence-electron chi connectivity index (χ3n) is 3.09. The Kier molecular flexibility index (Phi) is 5.55. The number of ether oxygens (including phenoxy) is 1. The van der Waals surface area contributed by atoms with Crippen LogP contribution in [0.3, 0.4) is 0 Å². The van der Waals surface area contributed by atoms with Crippen LogP contribution in [0.5, 0.6) is 5.75 Å². The molecule has 1 aromatic carbocycles. The Balaban J connectivity index is 2.90. The van der Waals surface area contributed by atoms with E-state index in [2.05, 4.69) is 0 Å². The predicted molar refractivity (Wildman–Crippen MR) is 74.6 cm³/mol. The van der Waals surface area contributed by atoms with Gasteiger partial charge in [0.15, 0.2) is 12.4 Å². The van der Waals surface area contributed by atoms with E-state index in [0.717, 1.165) is 11.8 Å². The quantitative estimate of drug-likeness (QED) is 0.741. The highest BCUT2D eigenvalue weighted by Gasteiger charge is 2.21. The summed E-state index contributed by atoms with van der Waals surface area (Å²) in [4.78, 5) is 24.8. The van der Waals surface area contributed by atoms with E-state index in [9.17, 15) is 9.59 Å². The first-order chi connectivity index (χ1) is 9.04. The molecule has 0 aliphatic heterocycles. The van der Waals surface area contributed by atoms with Crippen LogP contribution in [0, 0.1) is 6.92 Å². The summed E-state index contributed by atoms with van der Waals surface area (Å²) in [7, 11) is 0. The fraction of sp³-hybridized carbons (Fsp3) is 0.467. The second-order valence-corrected chi connectivity index (χ2v) is 4.38. The molecular formula is C15H21NO3. The van der Waals surface area contributed by atoms with Crippen LogP contribution in [0.2, 0.25) is 0 Å². The van der Waals surface area contributed by atoms with E-state index in [-0.39, 0.29) is 5.91 Å². The van der Waals surface area contributed by atoms with Gasteiger partial charge in [0.1, 0.15) is 5.75 Å². The number of para-hydroxylation sites is 1. The highest BCUT2D eigenvalue weighted by atomic mass is 16.5. The van der Waals surface area contributed by atoms with Crippen LogP contribution >= 0.6 is 0 Å². The fourth-order valence-corrected chi connectivity index (χ4v) is 1.95. The molecule has 0 heterocycles. The van der Waals surface area contributed by atoms with Crippen LogP contribution in [0.25, 0.3) is 0 Å². The summed E-state index contributed by atoms with van der Waals surface area (Å²) >= 11 is 0. The Morgan fingerprint density at radius 3 is 2.53 bits per heavy atom. The van der Waals surface area contributed by atoms with Gasteiger partial charge in [-0.05, 0) is 39.3 Å². The Bertz CT molecular complexity index is 453. The number of carbonyl (C=O) groups is 2. The van der Waals surface area contributed by atoms with Crippen molar-refractivity contribution in [3.8, 4) is 5.75 Å². The second kappa shape index (κ2) is 6.92. The summed E-state index contributed by atoms with van der Waals surface area (Å²) in [5.74, 6) is 0.426. The molecule has 0 aliphatic rings. The van der Waals surface area contributed by atoms with E-state index >= 15 is 0 Å². The van der Waals surface area contributed by atoms with Crippen molar-refractivity contribution in [2.75, 3.05) is 13.1 Å². The van der Waals surface area contributed by atoms with Crippen molar-refractivity contribution < 1.29 is 14.3 Å². The molecule has 0 saturated carbocycles. The van der Waals surface area contributed by atoms with Gasteiger partial charge < -0.3 is 9.64 Å². The van der Waals surface area contributed by atoms with Crippen LogP contribution in [0.4, 0.5) is 0 Å². The minimum Gasteiger partial charge on any atom is -0.480 e. The molecule has 1 unspecified atom stereocenters. The molecule has 4 nitrogen and oxygen atoms in total. The van der Waals surface area contributed by atoms with Gasteiger partial charge in [0.25, 0.3) is 5.91 Å².